The maximum Gasteiger partial charge on any atom is 0.307 e. The molecule has 98 valence electrons. The van der Waals surface area contributed by atoms with Crippen molar-refractivity contribution in [2.75, 3.05) is 11.4 Å². The van der Waals surface area contributed by atoms with Crippen LogP contribution < -0.4 is 4.90 Å². The minimum Gasteiger partial charge on any atom is -0.311 e. The van der Waals surface area contributed by atoms with E-state index >= 15 is 0 Å². The number of benzene rings is 1. The number of carbonyl (C=O) groups is 1. The van der Waals surface area contributed by atoms with Crippen LogP contribution in [0.2, 0.25) is 5.02 Å². The second kappa shape index (κ2) is 4.93. The van der Waals surface area contributed by atoms with Gasteiger partial charge >= 0.3 is 10.2 Å². The van der Waals surface area contributed by atoms with Crippen molar-refractivity contribution in [3.63, 3.8) is 0 Å². The van der Waals surface area contributed by atoms with E-state index in [4.69, 9.17) is 11.6 Å². The zero-order chi connectivity index (χ0) is 13.5. The third-order valence-corrected chi connectivity index (χ3v) is 5.36. The first-order valence-corrected chi connectivity index (χ1v) is 7.88. The predicted molar refractivity (Wildman–Crippen MR) is 75.0 cm³/mol. The number of amides is 1. The first-order chi connectivity index (χ1) is 8.29. The van der Waals surface area contributed by atoms with Crippen LogP contribution >= 0.6 is 34.2 Å². The molecule has 0 saturated carbocycles. The molecule has 8 heteroatoms. The molecular weight excluding hydrogens is 396 g/mol. The Morgan fingerprint density at radius 2 is 2.11 bits per heavy atom. The van der Waals surface area contributed by atoms with Crippen molar-refractivity contribution in [1.29, 1.82) is 0 Å². The van der Waals surface area contributed by atoms with Gasteiger partial charge in [0.25, 0.3) is 0 Å². The van der Waals surface area contributed by atoms with E-state index in [2.05, 4.69) is 0 Å². The van der Waals surface area contributed by atoms with E-state index in [1.807, 2.05) is 22.6 Å². The topological polar surface area (TPSA) is 54.5 Å². The van der Waals surface area contributed by atoms with Crippen molar-refractivity contribution in [3.05, 3.63) is 26.8 Å². The molecule has 1 aromatic rings. The highest BCUT2D eigenvalue weighted by molar-refractivity contribution is 14.1. The van der Waals surface area contributed by atoms with Crippen molar-refractivity contribution >= 4 is 56.0 Å². The van der Waals surface area contributed by atoms with Crippen LogP contribution in [0.15, 0.2) is 18.2 Å². The second-order valence-electron chi connectivity index (χ2n) is 3.90. The number of halogens is 3. The van der Waals surface area contributed by atoms with Gasteiger partial charge in [0, 0.05) is 22.2 Å². The van der Waals surface area contributed by atoms with Crippen LogP contribution in [-0.2, 0) is 15.0 Å². The molecule has 1 fully saturated rings. The van der Waals surface area contributed by atoms with E-state index in [1.54, 1.807) is 18.2 Å². The SMILES string of the molecule is O=C1CC(S(=O)(=O)F)CN1c1ccc(Cl)c(I)c1. The van der Waals surface area contributed by atoms with Crippen LogP contribution in [0.25, 0.3) is 0 Å². The molecule has 1 aliphatic rings. The highest BCUT2D eigenvalue weighted by atomic mass is 127. The summed E-state index contributed by atoms with van der Waals surface area (Å²) in [6.07, 6.45) is -0.321. The molecule has 0 aliphatic carbocycles. The van der Waals surface area contributed by atoms with Crippen LogP contribution in [0.5, 0.6) is 0 Å². The third-order valence-electron chi connectivity index (χ3n) is 2.70. The van der Waals surface area contributed by atoms with E-state index in [0.29, 0.717) is 10.7 Å². The molecule has 1 saturated heterocycles. The van der Waals surface area contributed by atoms with E-state index < -0.39 is 21.4 Å². The summed E-state index contributed by atoms with van der Waals surface area (Å²) in [6.45, 7) is -0.157. The number of hydrogen-bond donors (Lipinski definition) is 0. The first-order valence-electron chi connectivity index (χ1n) is 4.98. The molecule has 18 heavy (non-hydrogen) atoms. The van der Waals surface area contributed by atoms with Crippen LogP contribution in [-0.4, -0.2) is 26.1 Å². The Bertz CT molecular complexity index is 607. The predicted octanol–water partition coefficient (Wildman–Crippen LogP) is 2.35. The smallest absolute Gasteiger partial charge is 0.307 e. The van der Waals surface area contributed by atoms with Crippen molar-refractivity contribution in [2.24, 2.45) is 0 Å². The zero-order valence-electron chi connectivity index (χ0n) is 8.94. The Kier molecular flexibility index (Phi) is 3.84. The van der Waals surface area contributed by atoms with E-state index in [-0.39, 0.29) is 13.0 Å². The fourth-order valence-electron chi connectivity index (χ4n) is 1.77. The van der Waals surface area contributed by atoms with Gasteiger partial charge in [0.2, 0.25) is 5.91 Å². The van der Waals surface area contributed by atoms with Crippen molar-refractivity contribution in [2.45, 2.75) is 11.7 Å². The monoisotopic (exact) mass is 403 g/mol. The Morgan fingerprint density at radius 3 is 2.61 bits per heavy atom. The molecule has 1 heterocycles. The van der Waals surface area contributed by atoms with Gasteiger partial charge in [-0.2, -0.15) is 8.42 Å². The molecule has 1 unspecified atom stereocenters. The Balaban J connectivity index is 2.30. The van der Waals surface area contributed by atoms with E-state index in [0.717, 1.165) is 3.57 Å². The van der Waals surface area contributed by atoms with Gasteiger partial charge < -0.3 is 4.90 Å². The van der Waals surface area contributed by atoms with E-state index in [1.165, 1.54) is 4.90 Å². The lowest BCUT2D eigenvalue weighted by molar-refractivity contribution is -0.117. The fraction of sp³-hybridized carbons (Fsp3) is 0.300. The molecule has 0 aromatic heterocycles. The molecule has 1 aromatic carbocycles. The van der Waals surface area contributed by atoms with Gasteiger partial charge in [0.05, 0.1) is 5.02 Å². The largest absolute Gasteiger partial charge is 0.311 e. The summed E-state index contributed by atoms with van der Waals surface area (Å²) in [5, 5.41) is -0.737. The Labute approximate surface area is 122 Å². The minimum absolute atomic E-state index is 0.157. The number of anilines is 1. The van der Waals surface area contributed by atoms with Gasteiger partial charge in [0.15, 0.2) is 0 Å². The molecule has 4 nitrogen and oxygen atoms in total. The van der Waals surface area contributed by atoms with Crippen molar-refractivity contribution in [1.82, 2.24) is 0 Å². The minimum atomic E-state index is -4.69. The summed E-state index contributed by atoms with van der Waals surface area (Å²) in [4.78, 5) is 13.0. The van der Waals surface area contributed by atoms with E-state index in [9.17, 15) is 17.1 Å². The van der Waals surface area contributed by atoms with Gasteiger partial charge in [0.1, 0.15) is 5.25 Å². The second-order valence-corrected chi connectivity index (χ2v) is 7.09. The summed E-state index contributed by atoms with van der Waals surface area (Å²) in [5.41, 5.74) is 0.528. The summed E-state index contributed by atoms with van der Waals surface area (Å²) < 4.78 is 35.2. The summed E-state index contributed by atoms with van der Waals surface area (Å²) in [7, 11) is -4.69. The Hall–Kier alpha value is -0.410. The van der Waals surface area contributed by atoms with Gasteiger partial charge in [-0.05, 0) is 40.8 Å². The molecule has 0 spiro atoms. The van der Waals surface area contributed by atoms with Crippen LogP contribution in [0, 0.1) is 3.57 Å². The Morgan fingerprint density at radius 1 is 1.44 bits per heavy atom. The quantitative estimate of drug-likeness (QED) is 0.563. The summed E-state index contributed by atoms with van der Waals surface area (Å²) in [6, 6.07) is 4.88. The number of rotatable bonds is 2. The van der Waals surface area contributed by atoms with Crippen molar-refractivity contribution < 1.29 is 17.1 Å². The summed E-state index contributed by atoms with van der Waals surface area (Å²) in [5.74, 6) is -0.403. The van der Waals surface area contributed by atoms with Crippen molar-refractivity contribution in [3.8, 4) is 0 Å². The number of hydrogen-bond acceptors (Lipinski definition) is 3. The van der Waals surface area contributed by atoms with Gasteiger partial charge in [-0.15, -0.1) is 3.89 Å². The first kappa shape index (κ1) is 14.0. The maximum atomic E-state index is 12.9. The molecule has 0 radical (unpaired) electrons. The number of nitrogens with zero attached hydrogens (tertiary/aromatic N) is 1. The average Bonchev–Trinajstić information content (AvgIpc) is 2.64. The number of carbonyl (C=O) groups excluding carboxylic acids is 1. The lowest BCUT2D eigenvalue weighted by atomic mass is 10.3. The fourth-order valence-corrected chi connectivity index (χ4v) is 3.05. The lowest BCUT2D eigenvalue weighted by Crippen LogP contribution is -2.26. The highest BCUT2D eigenvalue weighted by Gasteiger charge is 2.39. The molecule has 1 atom stereocenters. The molecular formula is C10H8ClFINO3S. The molecule has 0 bridgehead atoms. The third kappa shape index (κ3) is 2.77. The van der Waals surface area contributed by atoms with Crippen LogP contribution in [0.1, 0.15) is 6.42 Å². The normalized spacial score (nSPS) is 20.5. The lowest BCUT2D eigenvalue weighted by Gasteiger charge is -2.16. The summed E-state index contributed by atoms with van der Waals surface area (Å²) >= 11 is 7.86. The van der Waals surface area contributed by atoms with Crippen LogP contribution in [0.3, 0.4) is 0 Å². The maximum absolute atomic E-state index is 12.9. The standard InChI is InChI=1S/C10H8ClFINO3S/c11-8-2-1-6(3-9(8)13)14-5-7(4-10(14)15)18(12,16)17/h1-3,7H,4-5H2. The molecule has 1 amide bonds. The highest BCUT2D eigenvalue weighted by Crippen LogP contribution is 2.29. The van der Waals surface area contributed by atoms with Gasteiger partial charge in [-0.1, -0.05) is 11.6 Å². The van der Waals surface area contributed by atoms with Crippen LogP contribution in [0.4, 0.5) is 9.57 Å². The van der Waals surface area contributed by atoms with Gasteiger partial charge in [-0.25, -0.2) is 0 Å². The zero-order valence-corrected chi connectivity index (χ0v) is 12.7. The average molecular weight is 404 g/mol. The molecule has 2 rings (SSSR count). The van der Waals surface area contributed by atoms with Gasteiger partial charge in [-0.3, -0.25) is 4.79 Å². The molecule has 0 N–H and O–H groups in total. The molecule has 1 aliphatic heterocycles.